The van der Waals surface area contributed by atoms with Crippen molar-refractivity contribution in [1.82, 2.24) is 9.97 Å². The van der Waals surface area contributed by atoms with Crippen molar-refractivity contribution in [3.05, 3.63) is 47.7 Å². The van der Waals surface area contributed by atoms with Crippen LogP contribution in [0.3, 0.4) is 0 Å². The summed E-state index contributed by atoms with van der Waals surface area (Å²) in [5.74, 6) is 0. The summed E-state index contributed by atoms with van der Waals surface area (Å²) in [6.07, 6.45) is 4.61. The number of hydrogen-bond donors (Lipinski definition) is 1. The van der Waals surface area contributed by atoms with Gasteiger partial charge in [0, 0.05) is 26.0 Å². The molecule has 0 amide bonds. The number of benzene rings is 1. The molecule has 2 N–H and O–H groups in total. The topological polar surface area (TPSA) is 55.0 Å². The Morgan fingerprint density at radius 2 is 2.00 bits per heavy atom. The molecular formula is C15H16N4S. The first kappa shape index (κ1) is 12.9. The summed E-state index contributed by atoms with van der Waals surface area (Å²) < 4.78 is 1.13. The molecule has 3 aromatic rings. The van der Waals surface area contributed by atoms with Gasteiger partial charge in [0.05, 0.1) is 21.6 Å². The average Bonchev–Trinajstić information content (AvgIpc) is 2.96. The highest BCUT2D eigenvalue weighted by molar-refractivity contribution is 7.16. The van der Waals surface area contributed by atoms with Gasteiger partial charge in [-0.2, -0.15) is 0 Å². The molecule has 0 unspecified atom stereocenters. The monoisotopic (exact) mass is 284 g/mol. The number of likely N-dealkylation sites (N-methyl/N-ethyl adjacent to an activating group) is 1. The molecule has 0 aliphatic rings. The van der Waals surface area contributed by atoms with Gasteiger partial charge < -0.3 is 10.6 Å². The van der Waals surface area contributed by atoms with Crippen molar-refractivity contribution in [2.75, 3.05) is 24.2 Å². The largest absolute Gasteiger partial charge is 0.395 e. The molecule has 2 heterocycles. The second kappa shape index (κ2) is 5.46. The van der Waals surface area contributed by atoms with Crippen molar-refractivity contribution in [3.8, 4) is 0 Å². The summed E-state index contributed by atoms with van der Waals surface area (Å²) in [5.41, 5.74) is 12.0. The SMILES string of the molecule is CN(CCc1ccncc1)c1ccc2scnc2c1N. The Labute approximate surface area is 121 Å². The van der Waals surface area contributed by atoms with E-state index in [9.17, 15) is 0 Å². The van der Waals surface area contributed by atoms with Gasteiger partial charge in [0.1, 0.15) is 5.52 Å². The minimum atomic E-state index is 0.765. The summed E-state index contributed by atoms with van der Waals surface area (Å²) in [4.78, 5) is 10.5. The maximum atomic E-state index is 6.23. The Morgan fingerprint density at radius 3 is 2.80 bits per heavy atom. The highest BCUT2D eigenvalue weighted by Gasteiger charge is 2.10. The summed E-state index contributed by atoms with van der Waals surface area (Å²) in [7, 11) is 2.06. The molecule has 0 atom stereocenters. The zero-order chi connectivity index (χ0) is 13.9. The van der Waals surface area contributed by atoms with Gasteiger partial charge in [-0.25, -0.2) is 4.98 Å². The molecule has 0 saturated heterocycles. The molecule has 1 aromatic carbocycles. The first-order chi connectivity index (χ1) is 9.75. The lowest BCUT2D eigenvalue weighted by molar-refractivity contribution is 0.876. The maximum Gasteiger partial charge on any atom is 0.106 e. The molecule has 20 heavy (non-hydrogen) atoms. The molecule has 4 nitrogen and oxygen atoms in total. The number of aromatic nitrogens is 2. The van der Waals surface area contributed by atoms with Crippen LogP contribution in [0.25, 0.3) is 10.2 Å². The third kappa shape index (κ3) is 2.44. The Kier molecular flexibility index (Phi) is 3.52. The van der Waals surface area contributed by atoms with Gasteiger partial charge in [-0.3, -0.25) is 4.98 Å². The molecule has 0 bridgehead atoms. The van der Waals surface area contributed by atoms with Crippen LogP contribution in [0.5, 0.6) is 0 Å². The van der Waals surface area contributed by atoms with E-state index < -0.39 is 0 Å². The van der Waals surface area contributed by atoms with Crippen molar-refractivity contribution in [2.45, 2.75) is 6.42 Å². The molecule has 5 heteroatoms. The van der Waals surface area contributed by atoms with E-state index in [0.717, 1.165) is 34.6 Å². The highest BCUT2D eigenvalue weighted by Crippen LogP contribution is 2.31. The number of pyridine rings is 1. The van der Waals surface area contributed by atoms with Gasteiger partial charge in [-0.15, -0.1) is 11.3 Å². The number of rotatable bonds is 4. The second-order valence-corrected chi connectivity index (χ2v) is 5.61. The first-order valence-electron chi connectivity index (χ1n) is 6.47. The quantitative estimate of drug-likeness (QED) is 0.748. The summed E-state index contributed by atoms with van der Waals surface area (Å²) >= 11 is 1.62. The number of hydrogen-bond acceptors (Lipinski definition) is 5. The normalized spacial score (nSPS) is 10.8. The van der Waals surface area contributed by atoms with Gasteiger partial charge in [0.2, 0.25) is 0 Å². The molecule has 0 radical (unpaired) electrons. The van der Waals surface area contributed by atoms with E-state index in [2.05, 4.69) is 34.0 Å². The Morgan fingerprint density at radius 1 is 1.20 bits per heavy atom. The van der Waals surface area contributed by atoms with Crippen LogP contribution in [0, 0.1) is 0 Å². The van der Waals surface area contributed by atoms with Crippen LogP contribution < -0.4 is 10.6 Å². The molecule has 0 saturated carbocycles. The molecular weight excluding hydrogens is 268 g/mol. The second-order valence-electron chi connectivity index (χ2n) is 4.72. The summed E-state index contributed by atoms with van der Waals surface area (Å²) in [6.45, 7) is 0.907. The van der Waals surface area contributed by atoms with Gasteiger partial charge in [0.15, 0.2) is 0 Å². The highest BCUT2D eigenvalue weighted by atomic mass is 32.1. The van der Waals surface area contributed by atoms with E-state index in [1.807, 2.05) is 30.0 Å². The fourth-order valence-corrected chi connectivity index (χ4v) is 2.93. The van der Waals surface area contributed by atoms with E-state index >= 15 is 0 Å². The fourth-order valence-electron chi connectivity index (χ4n) is 2.24. The first-order valence-corrected chi connectivity index (χ1v) is 7.35. The summed E-state index contributed by atoms with van der Waals surface area (Å²) in [6, 6.07) is 8.24. The third-order valence-corrected chi connectivity index (χ3v) is 4.21. The van der Waals surface area contributed by atoms with Crippen LogP contribution in [0.1, 0.15) is 5.56 Å². The average molecular weight is 284 g/mol. The van der Waals surface area contributed by atoms with Gasteiger partial charge >= 0.3 is 0 Å². The molecule has 102 valence electrons. The standard InChI is InChI=1S/C15H16N4S/c1-19(9-6-11-4-7-17-8-5-11)12-2-3-13-15(14(12)16)18-10-20-13/h2-5,7-8,10H,6,9,16H2,1H3. The van der Waals surface area contributed by atoms with Crippen LogP contribution in [-0.2, 0) is 6.42 Å². The van der Waals surface area contributed by atoms with E-state index in [1.165, 1.54) is 5.56 Å². The zero-order valence-electron chi connectivity index (χ0n) is 11.3. The number of nitrogens with zero attached hydrogens (tertiary/aromatic N) is 3. The predicted octanol–water partition coefficient (Wildman–Crippen LogP) is 2.95. The van der Waals surface area contributed by atoms with Crippen LogP contribution in [-0.4, -0.2) is 23.6 Å². The van der Waals surface area contributed by atoms with E-state index in [1.54, 1.807) is 11.3 Å². The predicted molar refractivity (Wildman–Crippen MR) is 85.2 cm³/mol. The number of anilines is 2. The van der Waals surface area contributed by atoms with Crippen LogP contribution >= 0.6 is 11.3 Å². The van der Waals surface area contributed by atoms with E-state index in [0.29, 0.717) is 0 Å². The Balaban J connectivity index is 1.78. The number of nitrogens with two attached hydrogens (primary N) is 1. The Bertz CT molecular complexity index is 708. The lowest BCUT2D eigenvalue weighted by Crippen LogP contribution is -2.21. The molecule has 2 aromatic heterocycles. The van der Waals surface area contributed by atoms with E-state index in [4.69, 9.17) is 5.73 Å². The van der Waals surface area contributed by atoms with Crippen molar-refractivity contribution in [1.29, 1.82) is 0 Å². The Hall–Kier alpha value is -2.14. The van der Waals surface area contributed by atoms with Crippen molar-refractivity contribution >= 4 is 32.9 Å². The minimum Gasteiger partial charge on any atom is -0.395 e. The van der Waals surface area contributed by atoms with E-state index in [-0.39, 0.29) is 0 Å². The van der Waals surface area contributed by atoms with Gasteiger partial charge in [0.25, 0.3) is 0 Å². The smallest absolute Gasteiger partial charge is 0.106 e. The van der Waals surface area contributed by atoms with Gasteiger partial charge in [-0.1, -0.05) is 0 Å². The maximum absolute atomic E-state index is 6.23. The molecule has 0 aliphatic carbocycles. The molecule has 0 spiro atoms. The lowest BCUT2D eigenvalue weighted by atomic mass is 10.1. The lowest BCUT2D eigenvalue weighted by Gasteiger charge is -2.21. The minimum absolute atomic E-state index is 0.765. The summed E-state index contributed by atoms with van der Waals surface area (Å²) in [5, 5.41) is 0. The molecule has 0 fully saturated rings. The van der Waals surface area contributed by atoms with Crippen molar-refractivity contribution < 1.29 is 0 Å². The van der Waals surface area contributed by atoms with Crippen LogP contribution in [0.4, 0.5) is 11.4 Å². The number of fused-ring (bicyclic) bond motifs is 1. The van der Waals surface area contributed by atoms with Crippen molar-refractivity contribution in [2.24, 2.45) is 0 Å². The number of thiazole rings is 1. The van der Waals surface area contributed by atoms with Crippen molar-refractivity contribution in [3.63, 3.8) is 0 Å². The number of nitrogen functional groups attached to an aromatic ring is 1. The third-order valence-electron chi connectivity index (χ3n) is 3.42. The van der Waals surface area contributed by atoms with Crippen LogP contribution in [0.2, 0.25) is 0 Å². The fraction of sp³-hybridized carbons (Fsp3) is 0.200. The van der Waals surface area contributed by atoms with Crippen LogP contribution in [0.15, 0.2) is 42.2 Å². The van der Waals surface area contributed by atoms with Gasteiger partial charge in [-0.05, 0) is 36.2 Å². The molecule has 3 rings (SSSR count). The zero-order valence-corrected chi connectivity index (χ0v) is 12.1. The molecule has 0 aliphatic heterocycles.